The summed E-state index contributed by atoms with van der Waals surface area (Å²) in [5.74, 6) is 1.50. The van der Waals surface area contributed by atoms with Crippen molar-refractivity contribution in [2.75, 3.05) is 18.2 Å². The molecule has 1 aromatic carbocycles. The van der Waals surface area contributed by atoms with Gasteiger partial charge in [0.1, 0.15) is 11.6 Å². The third kappa shape index (κ3) is 3.69. The van der Waals surface area contributed by atoms with Crippen LogP contribution in [0.25, 0.3) is 0 Å². The molecule has 1 aliphatic heterocycles. The molecule has 2 aromatic rings. The van der Waals surface area contributed by atoms with E-state index in [0.29, 0.717) is 34.3 Å². The highest BCUT2D eigenvalue weighted by molar-refractivity contribution is 7.99. The normalized spacial score (nSPS) is 19.6. The lowest BCUT2D eigenvalue weighted by molar-refractivity contribution is -0.118. The highest BCUT2D eigenvalue weighted by Gasteiger charge is 2.42. The van der Waals surface area contributed by atoms with Gasteiger partial charge >= 0.3 is 0 Å². The SMILES string of the molecule is C=CCSc1nc2c(c(=O)[nH]1)C(c1ccc(OC)cc1)C1=C(CC(C)(C)CC1=O)N2. The predicted molar refractivity (Wildman–Crippen MR) is 119 cm³/mol. The second-order valence-electron chi connectivity index (χ2n) is 8.40. The predicted octanol–water partition coefficient (Wildman–Crippen LogP) is 4.26. The zero-order chi connectivity index (χ0) is 21.5. The van der Waals surface area contributed by atoms with E-state index in [1.165, 1.54) is 11.8 Å². The smallest absolute Gasteiger partial charge is 0.257 e. The van der Waals surface area contributed by atoms with Gasteiger partial charge in [0.15, 0.2) is 10.9 Å². The number of thioether (sulfide) groups is 1. The van der Waals surface area contributed by atoms with Crippen molar-refractivity contribution in [3.63, 3.8) is 0 Å². The van der Waals surface area contributed by atoms with Gasteiger partial charge in [-0.05, 0) is 29.5 Å². The summed E-state index contributed by atoms with van der Waals surface area (Å²) >= 11 is 1.41. The number of hydrogen-bond donors (Lipinski definition) is 2. The molecule has 2 N–H and O–H groups in total. The Morgan fingerprint density at radius 1 is 1.27 bits per heavy atom. The van der Waals surface area contributed by atoms with Crippen LogP contribution in [0.1, 0.15) is 43.7 Å². The molecule has 0 fully saturated rings. The van der Waals surface area contributed by atoms with E-state index in [-0.39, 0.29) is 16.8 Å². The van der Waals surface area contributed by atoms with E-state index in [4.69, 9.17) is 4.74 Å². The molecule has 0 radical (unpaired) electrons. The molecule has 1 atom stereocenters. The van der Waals surface area contributed by atoms with Crippen molar-refractivity contribution in [1.29, 1.82) is 0 Å². The molecule has 30 heavy (non-hydrogen) atoms. The first kappa shape index (κ1) is 20.5. The number of benzene rings is 1. The van der Waals surface area contributed by atoms with Crippen LogP contribution in [-0.2, 0) is 4.79 Å². The summed E-state index contributed by atoms with van der Waals surface area (Å²) < 4.78 is 5.28. The summed E-state index contributed by atoms with van der Waals surface area (Å²) in [6, 6.07) is 7.53. The molecule has 1 unspecified atom stereocenters. The van der Waals surface area contributed by atoms with Crippen molar-refractivity contribution in [3.05, 3.63) is 69.7 Å². The lowest BCUT2D eigenvalue weighted by atomic mass is 9.69. The molecule has 156 valence electrons. The maximum Gasteiger partial charge on any atom is 0.257 e. The van der Waals surface area contributed by atoms with Crippen LogP contribution in [-0.4, -0.2) is 28.6 Å². The van der Waals surface area contributed by atoms with Crippen molar-refractivity contribution < 1.29 is 9.53 Å². The minimum atomic E-state index is -0.458. The van der Waals surface area contributed by atoms with Gasteiger partial charge in [-0.1, -0.05) is 43.8 Å². The molecular weight excluding hydrogens is 398 g/mol. The number of carbonyl (C=O) groups is 1. The summed E-state index contributed by atoms with van der Waals surface area (Å²) in [6.07, 6.45) is 2.94. The number of H-pyrrole nitrogens is 1. The minimum absolute atomic E-state index is 0.0738. The molecule has 7 heteroatoms. The van der Waals surface area contributed by atoms with E-state index < -0.39 is 5.92 Å². The topological polar surface area (TPSA) is 84.1 Å². The molecule has 2 heterocycles. The number of aromatic nitrogens is 2. The fourth-order valence-electron chi connectivity index (χ4n) is 4.23. The van der Waals surface area contributed by atoms with Crippen LogP contribution in [0, 0.1) is 5.41 Å². The fourth-order valence-corrected chi connectivity index (χ4v) is 4.83. The summed E-state index contributed by atoms with van der Waals surface area (Å²) in [4.78, 5) is 33.9. The number of carbonyl (C=O) groups excluding carboxylic acids is 1. The van der Waals surface area contributed by atoms with Crippen LogP contribution >= 0.6 is 11.8 Å². The Labute approximate surface area is 179 Å². The number of allylic oxidation sites excluding steroid dienone is 2. The summed E-state index contributed by atoms with van der Waals surface area (Å²) in [7, 11) is 1.61. The van der Waals surface area contributed by atoms with Crippen LogP contribution in [0.15, 0.2) is 58.1 Å². The monoisotopic (exact) mass is 423 g/mol. The van der Waals surface area contributed by atoms with Crippen molar-refractivity contribution in [2.24, 2.45) is 5.41 Å². The van der Waals surface area contributed by atoms with Gasteiger partial charge in [-0.15, -0.1) is 6.58 Å². The first-order valence-corrected chi connectivity index (χ1v) is 10.9. The number of hydrogen-bond acceptors (Lipinski definition) is 6. The highest BCUT2D eigenvalue weighted by atomic mass is 32.2. The Hall–Kier alpha value is -2.80. The molecule has 6 nitrogen and oxygen atoms in total. The van der Waals surface area contributed by atoms with E-state index in [2.05, 4.69) is 35.7 Å². The Kier molecular flexibility index (Phi) is 5.32. The van der Waals surface area contributed by atoms with Crippen LogP contribution < -0.4 is 15.6 Å². The number of ether oxygens (including phenoxy) is 1. The third-order valence-electron chi connectivity index (χ3n) is 5.49. The first-order valence-electron chi connectivity index (χ1n) is 9.88. The van der Waals surface area contributed by atoms with Gasteiger partial charge in [0.25, 0.3) is 5.56 Å². The summed E-state index contributed by atoms with van der Waals surface area (Å²) in [5.41, 5.74) is 2.51. The van der Waals surface area contributed by atoms with E-state index >= 15 is 0 Å². The minimum Gasteiger partial charge on any atom is -0.497 e. The number of fused-ring (bicyclic) bond motifs is 1. The number of nitrogens with zero attached hydrogens (tertiary/aromatic N) is 1. The maximum absolute atomic E-state index is 13.2. The van der Waals surface area contributed by atoms with Crippen molar-refractivity contribution >= 4 is 23.4 Å². The molecule has 1 aliphatic carbocycles. The van der Waals surface area contributed by atoms with E-state index in [0.717, 1.165) is 23.4 Å². The van der Waals surface area contributed by atoms with Crippen LogP contribution in [0.3, 0.4) is 0 Å². The number of ketones is 1. The van der Waals surface area contributed by atoms with Gasteiger partial charge in [0, 0.05) is 29.4 Å². The summed E-state index contributed by atoms with van der Waals surface area (Å²) in [6.45, 7) is 7.89. The first-order chi connectivity index (χ1) is 14.3. The van der Waals surface area contributed by atoms with Crippen molar-refractivity contribution in [2.45, 2.75) is 37.8 Å². The number of methoxy groups -OCH3 is 1. The standard InChI is InChI=1S/C23H25N3O3S/c1-5-10-30-22-25-20-19(21(28)26-22)17(13-6-8-14(29-4)9-7-13)18-15(24-20)11-23(2,3)12-16(18)27/h5-9,17H,1,10-12H2,2-4H3,(H2,24,25,26,28). The van der Waals surface area contributed by atoms with Crippen LogP contribution in [0.2, 0.25) is 0 Å². The van der Waals surface area contributed by atoms with Gasteiger partial charge < -0.3 is 15.0 Å². The Bertz CT molecular complexity index is 1100. The Morgan fingerprint density at radius 2 is 2.00 bits per heavy atom. The zero-order valence-electron chi connectivity index (χ0n) is 17.4. The molecule has 0 saturated heterocycles. The quantitative estimate of drug-likeness (QED) is 0.425. The fraction of sp³-hybridized carbons (Fsp3) is 0.348. The van der Waals surface area contributed by atoms with Gasteiger partial charge in [-0.25, -0.2) is 4.98 Å². The maximum atomic E-state index is 13.2. The van der Waals surface area contributed by atoms with E-state index in [1.807, 2.05) is 24.3 Å². The summed E-state index contributed by atoms with van der Waals surface area (Å²) in [5, 5.41) is 3.86. The van der Waals surface area contributed by atoms with Gasteiger partial charge in [-0.2, -0.15) is 0 Å². The highest BCUT2D eigenvalue weighted by Crippen LogP contribution is 2.47. The van der Waals surface area contributed by atoms with Crippen LogP contribution in [0.4, 0.5) is 5.82 Å². The largest absolute Gasteiger partial charge is 0.497 e. The molecule has 0 amide bonds. The third-order valence-corrected chi connectivity index (χ3v) is 6.36. The van der Waals surface area contributed by atoms with Crippen molar-refractivity contribution in [1.82, 2.24) is 9.97 Å². The lowest BCUT2D eigenvalue weighted by Gasteiger charge is -2.38. The molecule has 0 bridgehead atoms. The second kappa shape index (κ2) is 7.80. The number of Topliss-reactive ketones (excluding diaryl/α,β-unsaturated/α-hetero) is 1. The molecule has 2 aliphatic rings. The number of anilines is 1. The second-order valence-corrected chi connectivity index (χ2v) is 9.41. The molecule has 4 rings (SSSR count). The van der Waals surface area contributed by atoms with Crippen LogP contribution in [0.5, 0.6) is 5.75 Å². The van der Waals surface area contributed by atoms with E-state index in [1.54, 1.807) is 13.2 Å². The molecule has 0 spiro atoms. The Balaban J connectivity index is 1.90. The molecular formula is C23H25N3O3S. The van der Waals surface area contributed by atoms with E-state index in [9.17, 15) is 9.59 Å². The number of nitrogens with one attached hydrogen (secondary N) is 2. The van der Waals surface area contributed by atoms with Gasteiger partial charge in [-0.3, -0.25) is 9.59 Å². The lowest BCUT2D eigenvalue weighted by Crippen LogP contribution is -2.37. The number of aromatic amines is 1. The zero-order valence-corrected chi connectivity index (χ0v) is 18.2. The Morgan fingerprint density at radius 3 is 2.67 bits per heavy atom. The van der Waals surface area contributed by atoms with Gasteiger partial charge in [0.05, 0.1) is 12.7 Å². The molecule has 0 saturated carbocycles. The van der Waals surface area contributed by atoms with Crippen molar-refractivity contribution in [3.8, 4) is 5.75 Å². The molecule has 1 aromatic heterocycles. The number of rotatable bonds is 5. The average Bonchev–Trinajstić information content (AvgIpc) is 2.70. The average molecular weight is 424 g/mol. The van der Waals surface area contributed by atoms with Gasteiger partial charge in [0.2, 0.25) is 0 Å².